The summed E-state index contributed by atoms with van der Waals surface area (Å²) in [6, 6.07) is 0. The second-order valence-electron chi connectivity index (χ2n) is 2.09. The van der Waals surface area contributed by atoms with E-state index >= 15 is 0 Å². The van der Waals surface area contributed by atoms with E-state index in [-0.39, 0.29) is 6.61 Å². The van der Waals surface area contributed by atoms with Crippen LogP contribution in [0.15, 0.2) is 0 Å². The minimum Gasteiger partial charge on any atom is -0.394 e. The Hall–Kier alpha value is -0.260. The summed E-state index contributed by atoms with van der Waals surface area (Å²) in [4.78, 5) is 0. The fourth-order valence-corrected chi connectivity index (χ4v) is 0.713. The largest absolute Gasteiger partial charge is 0.394 e. The van der Waals surface area contributed by atoms with Crippen LogP contribution >= 0.6 is 0 Å². The highest BCUT2D eigenvalue weighted by molar-refractivity contribution is 4.96. The van der Waals surface area contributed by atoms with Crippen LogP contribution in [-0.2, 0) is 4.74 Å². The van der Waals surface area contributed by atoms with Gasteiger partial charge in [-0.3, -0.25) is 0 Å². The van der Waals surface area contributed by atoms with Crippen molar-refractivity contribution in [2.45, 2.75) is 18.1 Å². The average Bonchev–Trinajstić information content (AvgIpc) is 2.10. The number of aliphatic hydroxyl groups is 2. The molecule has 0 aromatic carbocycles. The molecule has 1 saturated heterocycles. The van der Waals surface area contributed by atoms with Crippen LogP contribution in [0.4, 0.5) is 8.78 Å². The minimum absolute atomic E-state index is 0.249. The lowest BCUT2D eigenvalue weighted by atomic mass is 10.1. The zero-order chi connectivity index (χ0) is 7.78. The van der Waals surface area contributed by atoms with Crippen LogP contribution in [0, 0.1) is 6.61 Å². The van der Waals surface area contributed by atoms with E-state index in [4.69, 9.17) is 10.2 Å². The Labute approximate surface area is 56.2 Å². The Morgan fingerprint density at radius 1 is 1.60 bits per heavy atom. The molecule has 0 bridgehead atoms. The lowest BCUT2D eigenvalue weighted by molar-refractivity contribution is -0.0751. The predicted molar refractivity (Wildman–Crippen MR) is 27.2 cm³/mol. The number of rotatable bonds is 1. The smallest absolute Gasteiger partial charge is 0.304 e. The van der Waals surface area contributed by atoms with Crippen LogP contribution < -0.4 is 0 Å². The van der Waals surface area contributed by atoms with Crippen molar-refractivity contribution in [2.75, 3.05) is 6.61 Å². The van der Waals surface area contributed by atoms with E-state index in [9.17, 15) is 8.78 Å². The van der Waals surface area contributed by atoms with Gasteiger partial charge in [0.25, 0.3) is 0 Å². The van der Waals surface area contributed by atoms with Gasteiger partial charge in [-0.25, -0.2) is 8.78 Å². The van der Waals surface area contributed by atoms with Gasteiger partial charge in [0.05, 0.1) is 6.61 Å². The highest BCUT2D eigenvalue weighted by Gasteiger charge is 2.50. The number of hydrogen-bond acceptors (Lipinski definition) is 3. The zero-order valence-electron chi connectivity index (χ0n) is 5.00. The van der Waals surface area contributed by atoms with E-state index in [1.54, 1.807) is 0 Å². The van der Waals surface area contributed by atoms with E-state index in [0.29, 0.717) is 0 Å². The van der Waals surface area contributed by atoms with Gasteiger partial charge >= 0.3 is 5.92 Å². The molecule has 2 N–H and O–H groups in total. The van der Waals surface area contributed by atoms with Gasteiger partial charge in [-0.1, -0.05) is 0 Å². The van der Waals surface area contributed by atoms with Gasteiger partial charge in [0.15, 0.2) is 6.61 Å². The highest BCUT2D eigenvalue weighted by atomic mass is 19.3. The summed E-state index contributed by atoms with van der Waals surface area (Å²) >= 11 is 0. The zero-order valence-corrected chi connectivity index (χ0v) is 5.00. The van der Waals surface area contributed by atoms with Gasteiger partial charge < -0.3 is 14.9 Å². The maximum absolute atomic E-state index is 12.2. The first-order chi connectivity index (χ1) is 4.58. The lowest BCUT2D eigenvalue weighted by Crippen LogP contribution is -2.36. The van der Waals surface area contributed by atoms with Crippen molar-refractivity contribution in [3.63, 3.8) is 0 Å². The summed E-state index contributed by atoms with van der Waals surface area (Å²) in [6.45, 7) is -0.355. The molecule has 0 aliphatic carbocycles. The first-order valence-electron chi connectivity index (χ1n) is 2.74. The molecular weight excluding hydrogens is 146 g/mol. The standard InChI is InChI=1S/C5H7F2O3/c6-5(7)2-10-3(1-8)4(5)9/h2-4,8-9H,1H2. The van der Waals surface area contributed by atoms with Crippen molar-refractivity contribution in [3.05, 3.63) is 6.61 Å². The monoisotopic (exact) mass is 153 g/mol. The number of halogens is 2. The van der Waals surface area contributed by atoms with Gasteiger partial charge in [-0.05, 0) is 0 Å². The summed E-state index contributed by atoms with van der Waals surface area (Å²) in [5, 5.41) is 17.0. The Bertz CT molecular complexity index is 128. The molecule has 1 fully saturated rings. The van der Waals surface area contributed by atoms with Crippen molar-refractivity contribution < 1.29 is 23.7 Å². The molecule has 0 aromatic heterocycles. The molecule has 1 heterocycles. The molecule has 59 valence electrons. The van der Waals surface area contributed by atoms with E-state index in [1.807, 2.05) is 0 Å². The van der Waals surface area contributed by atoms with Gasteiger partial charge in [0, 0.05) is 0 Å². The summed E-state index contributed by atoms with van der Waals surface area (Å²) in [5.74, 6) is -3.33. The Morgan fingerprint density at radius 3 is 2.40 bits per heavy atom. The van der Waals surface area contributed by atoms with E-state index in [2.05, 4.69) is 4.74 Å². The summed E-state index contributed by atoms with van der Waals surface area (Å²) < 4.78 is 28.7. The van der Waals surface area contributed by atoms with Crippen LogP contribution in [0.3, 0.4) is 0 Å². The molecule has 0 saturated carbocycles. The molecular formula is C5H7F2O3. The Balaban J connectivity index is 2.58. The van der Waals surface area contributed by atoms with Crippen LogP contribution in [0.5, 0.6) is 0 Å². The van der Waals surface area contributed by atoms with Crippen LogP contribution in [-0.4, -0.2) is 35.0 Å². The highest BCUT2D eigenvalue weighted by Crippen LogP contribution is 2.32. The molecule has 0 aromatic rings. The molecule has 1 aliphatic rings. The molecule has 1 rings (SSSR count). The number of alkyl halides is 2. The molecule has 0 amide bonds. The van der Waals surface area contributed by atoms with E-state index in [0.717, 1.165) is 0 Å². The lowest BCUT2D eigenvalue weighted by Gasteiger charge is -2.13. The first-order valence-corrected chi connectivity index (χ1v) is 2.74. The van der Waals surface area contributed by atoms with Crippen LogP contribution in [0.1, 0.15) is 0 Å². The Kier molecular flexibility index (Phi) is 1.89. The van der Waals surface area contributed by atoms with Gasteiger partial charge in [0.2, 0.25) is 0 Å². The van der Waals surface area contributed by atoms with Crippen molar-refractivity contribution in [2.24, 2.45) is 0 Å². The van der Waals surface area contributed by atoms with Crippen LogP contribution in [0.2, 0.25) is 0 Å². The molecule has 2 unspecified atom stereocenters. The SMILES string of the molecule is OCC1O[CH]C(F)(F)C1O. The van der Waals surface area contributed by atoms with E-state index < -0.39 is 24.7 Å². The number of aliphatic hydroxyl groups excluding tert-OH is 2. The number of hydrogen-bond donors (Lipinski definition) is 2. The molecule has 0 spiro atoms. The summed E-state index contributed by atoms with van der Waals surface area (Å²) in [6.07, 6.45) is -3.10. The maximum Gasteiger partial charge on any atom is 0.304 e. The second kappa shape index (κ2) is 2.41. The van der Waals surface area contributed by atoms with Crippen LogP contribution in [0.25, 0.3) is 0 Å². The van der Waals surface area contributed by atoms with Crippen molar-refractivity contribution in [1.82, 2.24) is 0 Å². The number of ether oxygens (including phenoxy) is 1. The van der Waals surface area contributed by atoms with Crippen molar-refractivity contribution in [1.29, 1.82) is 0 Å². The van der Waals surface area contributed by atoms with E-state index in [1.165, 1.54) is 0 Å². The first kappa shape index (κ1) is 7.84. The topological polar surface area (TPSA) is 49.7 Å². The predicted octanol–water partition coefficient (Wildman–Crippen LogP) is -0.465. The van der Waals surface area contributed by atoms with Gasteiger partial charge in [0.1, 0.15) is 12.2 Å². The molecule has 1 radical (unpaired) electrons. The second-order valence-corrected chi connectivity index (χ2v) is 2.09. The van der Waals surface area contributed by atoms with Gasteiger partial charge in [-0.15, -0.1) is 0 Å². The molecule has 5 heteroatoms. The average molecular weight is 153 g/mol. The molecule has 2 atom stereocenters. The fourth-order valence-electron chi connectivity index (χ4n) is 0.713. The molecule has 1 aliphatic heterocycles. The Morgan fingerprint density at radius 2 is 2.20 bits per heavy atom. The van der Waals surface area contributed by atoms with Gasteiger partial charge in [-0.2, -0.15) is 0 Å². The quantitative estimate of drug-likeness (QED) is 0.535. The third kappa shape index (κ3) is 1.12. The minimum atomic E-state index is -3.33. The molecule has 10 heavy (non-hydrogen) atoms. The third-order valence-corrected chi connectivity index (χ3v) is 1.33. The molecule has 3 nitrogen and oxygen atoms in total. The normalized spacial score (nSPS) is 38.4. The maximum atomic E-state index is 12.2. The third-order valence-electron chi connectivity index (χ3n) is 1.33. The summed E-state index contributed by atoms with van der Waals surface area (Å²) in [7, 11) is 0. The summed E-state index contributed by atoms with van der Waals surface area (Å²) in [5.41, 5.74) is 0. The van der Waals surface area contributed by atoms with Crippen molar-refractivity contribution >= 4 is 0 Å². The van der Waals surface area contributed by atoms with Crippen molar-refractivity contribution in [3.8, 4) is 0 Å². The fraction of sp³-hybridized carbons (Fsp3) is 0.800.